The maximum Gasteiger partial charge on any atom is 0.127 e. The maximum atomic E-state index is 13.7. The summed E-state index contributed by atoms with van der Waals surface area (Å²) in [5, 5.41) is 3.40. The molecule has 1 N–H and O–H groups in total. The monoisotopic (exact) mass is 293 g/mol. The van der Waals surface area contributed by atoms with Crippen LogP contribution in [0.3, 0.4) is 0 Å². The van der Waals surface area contributed by atoms with Crippen LogP contribution in [0.5, 0.6) is 5.75 Å². The van der Waals surface area contributed by atoms with E-state index < -0.39 is 0 Å². The summed E-state index contributed by atoms with van der Waals surface area (Å²) in [4.78, 5) is 0. The average Bonchev–Trinajstić information content (AvgIpc) is 3.29. The highest BCUT2D eigenvalue weighted by Crippen LogP contribution is 2.27. The topological polar surface area (TPSA) is 30.5 Å². The summed E-state index contributed by atoms with van der Waals surface area (Å²) < 4.78 is 25.1. The molecule has 2 aliphatic rings. The maximum absolute atomic E-state index is 13.7. The lowest BCUT2D eigenvalue weighted by atomic mass is 9.95. The minimum Gasteiger partial charge on any atom is -0.490 e. The quantitative estimate of drug-likeness (QED) is 0.872. The highest BCUT2D eigenvalue weighted by molar-refractivity contribution is 5.30. The third kappa shape index (κ3) is 4.42. The summed E-state index contributed by atoms with van der Waals surface area (Å²) in [6.45, 7) is 0.712. The number of methoxy groups -OCH3 is 1. The summed E-state index contributed by atoms with van der Waals surface area (Å²) in [7, 11) is 1.75. The van der Waals surface area contributed by atoms with Gasteiger partial charge >= 0.3 is 0 Å². The van der Waals surface area contributed by atoms with Crippen LogP contribution in [0, 0.1) is 5.82 Å². The van der Waals surface area contributed by atoms with E-state index in [1.165, 1.54) is 18.9 Å². The van der Waals surface area contributed by atoms with E-state index in [0.717, 1.165) is 31.2 Å². The molecule has 4 heteroatoms. The van der Waals surface area contributed by atoms with Gasteiger partial charge in [-0.1, -0.05) is 0 Å². The fourth-order valence-corrected chi connectivity index (χ4v) is 2.96. The number of hydrogen-bond acceptors (Lipinski definition) is 3. The van der Waals surface area contributed by atoms with E-state index >= 15 is 0 Å². The first-order chi connectivity index (χ1) is 10.2. The molecule has 2 fully saturated rings. The Morgan fingerprint density at radius 2 is 1.95 bits per heavy atom. The van der Waals surface area contributed by atoms with Gasteiger partial charge in [0.25, 0.3) is 0 Å². The minimum atomic E-state index is -0.223. The normalized spacial score (nSPS) is 25.8. The molecule has 0 saturated heterocycles. The lowest BCUT2D eigenvalue weighted by Crippen LogP contribution is -2.29. The van der Waals surface area contributed by atoms with Crippen molar-refractivity contribution in [2.45, 2.75) is 63.3 Å². The van der Waals surface area contributed by atoms with E-state index in [9.17, 15) is 4.39 Å². The molecule has 0 spiro atoms. The molecule has 21 heavy (non-hydrogen) atoms. The Kier molecular flexibility index (Phi) is 4.76. The van der Waals surface area contributed by atoms with Gasteiger partial charge in [-0.05, 0) is 49.8 Å². The second-order valence-electron chi connectivity index (χ2n) is 6.21. The SMILES string of the molecule is COC1CCCC(Oc2cc(F)cc(CNC3CC3)c2)C1. The molecule has 0 bridgehead atoms. The summed E-state index contributed by atoms with van der Waals surface area (Å²) in [6, 6.07) is 5.64. The smallest absolute Gasteiger partial charge is 0.127 e. The summed E-state index contributed by atoms with van der Waals surface area (Å²) in [5.74, 6) is 0.420. The molecule has 0 heterocycles. The summed E-state index contributed by atoms with van der Waals surface area (Å²) >= 11 is 0. The van der Waals surface area contributed by atoms with Gasteiger partial charge in [0, 0.05) is 32.2 Å². The predicted octanol–water partition coefficient (Wildman–Crippen LogP) is 3.41. The highest BCUT2D eigenvalue weighted by Gasteiger charge is 2.23. The summed E-state index contributed by atoms with van der Waals surface area (Å²) in [6.07, 6.45) is 6.99. The van der Waals surface area contributed by atoms with Crippen LogP contribution in [0.1, 0.15) is 44.1 Å². The van der Waals surface area contributed by atoms with Crippen LogP contribution in [0.15, 0.2) is 18.2 Å². The molecule has 0 aliphatic heterocycles. The molecule has 1 aromatic rings. The van der Waals surface area contributed by atoms with Crippen molar-refractivity contribution in [3.8, 4) is 5.75 Å². The Labute approximate surface area is 125 Å². The van der Waals surface area contributed by atoms with Crippen molar-refractivity contribution in [3.05, 3.63) is 29.6 Å². The van der Waals surface area contributed by atoms with E-state index in [2.05, 4.69) is 5.32 Å². The van der Waals surface area contributed by atoms with Gasteiger partial charge in [0.15, 0.2) is 0 Å². The molecule has 0 amide bonds. The van der Waals surface area contributed by atoms with Crippen LogP contribution < -0.4 is 10.1 Å². The Morgan fingerprint density at radius 1 is 1.14 bits per heavy atom. The lowest BCUT2D eigenvalue weighted by Gasteiger charge is -2.28. The van der Waals surface area contributed by atoms with E-state index in [-0.39, 0.29) is 18.0 Å². The van der Waals surface area contributed by atoms with Crippen LogP contribution in [0.25, 0.3) is 0 Å². The summed E-state index contributed by atoms with van der Waals surface area (Å²) in [5.41, 5.74) is 0.955. The van der Waals surface area contributed by atoms with Gasteiger partial charge in [-0.2, -0.15) is 0 Å². The number of benzene rings is 1. The second kappa shape index (κ2) is 6.75. The van der Waals surface area contributed by atoms with Crippen LogP contribution >= 0.6 is 0 Å². The zero-order valence-corrected chi connectivity index (χ0v) is 12.6. The van der Waals surface area contributed by atoms with Crippen molar-refractivity contribution >= 4 is 0 Å². The first-order valence-electron chi connectivity index (χ1n) is 7.95. The Balaban J connectivity index is 1.60. The third-order valence-corrected chi connectivity index (χ3v) is 4.32. The fraction of sp³-hybridized carbons (Fsp3) is 0.647. The van der Waals surface area contributed by atoms with Crippen molar-refractivity contribution in [1.82, 2.24) is 5.32 Å². The predicted molar refractivity (Wildman–Crippen MR) is 79.9 cm³/mol. The molecule has 3 nitrogen and oxygen atoms in total. The number of hydrogen-bond donors (Lipinski definition) is 1. The van der Waals surface area contributed by atoms with Gasteiger partial charge in [-0.25, -0.2) is 4.39 Å². The van der Waals surface area contributed by atoms with Crippen LogP contribution in [0.4, 0.5) is 4.39 Å². The molecule has 0 radical (unpaired) electrons. The number of ether oxygens (including phenoxy) is 2. The van der Waals surface area contributed by atoms with Crippen molar-refractivity contribution in [2.24, 2.45) is 0 Å². The molecular formula is C17H24FNO2. The van der Waals surface area contributed by atoms with Crippen LogP contribution in [0.2, 0.25) is 0 Å². The van der Waals surface area contributed by atoms with Crippen LogP contribution in [-0.4, -0.2) is 25.4 Å². The van der Waals surface area contributed by atoms with Crippen molar-refractivity contribution < 1.29 is 13.9 Å². The Hall–Kier alpha value is -1.13. The highest BCUT2D eigenvalue weighted by atomic mass is 19.1. The molecule has 2 saturated carbocycles. The fourth-order valence-electron chi connectivity index (χ4n) is 2.96. The van der Waals surface area contributed by atoms with Gasteiger partial charge in [0.05, 0.1) is 6.10 Å². The number of halogens is 1. The van der Waals surface area contributed by atoms with E-state index in [1.54, 1.807) is 13.2 Å². The number of rotatable bonds is 6. The second-order valence-corrected chi connectivity index (χ2v) is 6.21. The van der Waals surface area contributed by atoms with Gasteiger partial charge in [0.1, 0.15) is 17.7 Å². The first kappa shape index (κ1) is 14.8. The van der Waals surface area contributed by atoms with Gasteiger partial charge < -0.3 is 14.8 Å². The van der Waals surface area contributed by atoms with Gasteiger partial charge in [-0.15, -0.1) is 0 Å². The van der Waals surface area contributed by atoms with Gasteiger partial charge in [0.2, 0.25) is 0 Å². The first-order valence-corrected chi connectivity index (χ1v) is 7.95. The van der Waals surface area contributed by atoms with Crippen LogP contribution in [-0.2, 0) is 11.3 Å². The van der Waals surface area contributed by atoms with Crippen molar-refractivity contribution in [3.63, 3.8) is 0 Å². The van der Waals surface area contributed by atoms with E-state index in [1.807, 2.05) is 6.07 Å². The zero-order chi connectivity index (χ0) is 14.7. The minimum absolute atomic E-state index is 0.134. The molecule has 1 aromatic carbocycles. The van der Waals surface area contributed by atoms with Gasteiger partial charge in [-0.3, -0.25) is 0 Å². The standard InChI is InChI=1S/C17H24FNO2/c1-20-15-3-2-4-16(10-15)21-17-8-12(7-13(18)9-17)11-19-14-5-6-14/h7-9,14-16,19H,2-6,10-11H2,1H3. The van der Waals surface area contributed by atoms with E-state index in [4.69, 9.17) is 9.47 Å². The zero-order valence-electron chi connectivity index (χ0n) is 12.6. The molecule has 2 atom stereocenters. The molecule has 2 aliphatic carbocycles. The molecule has 0 aromatic heterocycles. The van der Waals surface area contributed by atoms with Crippen molar-refractivity contribution in [1.29, 1.82) is 0 Å². The van der Waals surface area contributed by atoms with E-state index in [0.29, 0.717) is 18.3 Å². The number of nitrogens with one attached hydrogen (secondary N) is 1. The third-order valence-electron chi connectivity index (χ3n) is 4.32. The Bertz CT molecular complexity index is 476. The molecular weight excluding hydrogens is 269 g/mol. The van der Waals surface area contributed by atoms with Crippen molar-refractivity contribution in [2.75, 3.05) is 7.11 Å². The molecule has 116 valence electrons. The molecule has 2 unspecified atom stereocenters. The molecule has 3 rings (SSSR count). The average molecular weight is 293 g/mol. The lowest BCUT2D eigenvalue weighted by molar-refractivity contribution is 0.0208. The largest absolute Gasteiger partial charge is 0.490 e. The Morgan fingerprint density at radius 3 is 2.71 bits per heavy atom.